The molecule has 0 unspecified atom stereocenters. The van der Waals surface area contributed by atoms with Gasteiger partial charge in [0, 0.05) is 0 Å². The van der Waals surface area contributed by atoms with Gasteiger partial charge in [0.15, 0.2) is 17.6 Å². The Balaban J connectivity index is 1.69. The molecule has 37 heavy (non-hydrogen) atoms. The van der Waals surface area contributed by atoms with Gasteiger partial charge in [0.1, 0.15) is 17.7 Å². The van der Waals surface area contributed by atoms with Crippen LogP contribution in [0.3, 0.4) is 0 Å². The molecule has 0 aliphatic carbocycles. The summed E-state index contributed by atoms with van der Waals surface area (Å²) in [7, 11) is 4.22. The molecule has 0 saturated carbocycles. The first kappa shape index (κ1) is 24.1. The van der Waals surface area contributed by atoms with E-state index in [9.17, 15) is 19.7 Å². The van der Waals surface area contributed by atoms with E-state index >= 15 is 0 Å². The molecule has 2 fully saturated rings. The number of rotatable bonds is 7. The van der Waals surface area contributed by atoms with Gasteiger partial charge in [-0.05, 0) is 30.3 Å². The minimum Gasteiger partial charge on any atom is -0.495 e. The fourth-order valence-corrected chi connectivity index (χ4v) is 4.86. The molecule has 190 valence electrons. The van der Waals surface area contributed by atoms with Gasteiger partial charge in [-0.25, -0.2) is 9.96 Å². The van der Waals surface area contributed by atoms with Gasteiger partial charge in [-0.1, -0.05) is 30.3 Å². The Morgan fingerprint density at radius 1 is 0.838 bits per heavy atom. The molecule has 3 atom stereocenters. The predicted molar refractivity (Wildman–Crippen MR) is 132 cm³/mol. The van der Waals surface area contributed by atoms with Gasteiger partial charge >= 0.3 is 0 Å². The number of nitrogens with zero attached hydrogens (tertiary/aromatic N) is 3. The zero-order valence-electron chi connectivity index (χ0n) is 20.2. The van der Waals surface area contributed by atoms with E-state index in [1.54, 1.807) is 54.6 Å². The van der Waals surface area contributed by atoms with Crippen molar-refractivity contribution in [3.8, 4) is 17.2 Å². The van der Waals surface area contributed by atoms with Gasteiger partial charge in [-0.15, -0.1) is 0 Å². The minimum atomic E-state index is -1.21. The summed E-state index contributed by atoms with van der Waals surface area (Å²) in [5.41, 5.74) is 0.631. The van der Waals surface area contributed by atoms with Crippen LogP contribution in [-0.2, 0) is 14.4 Å². The molecule has 2 aliphatic rings. The number of carbonyl (C=O) groups excluding carboxylic acids is 2. The van der Waals surface area contributed by atoms with Gasteiger partial charge in [0.2, 0.25) is 5.91 Å². The van der Waals surface area contributed by atoms with E-state index in [-0.39, 0.29) is 28.4 Å². The largest absolute Gasteiger partial charge is 0.495 e. The summed E-state index contributed by atoms with van der Waals surface area (Å²) >= 11 is 0. The van der Waals surface area contributed by atoms with Crippen molar-refractivity contribution in [2.24, 2.45) is 5.92 Å². The molecule has 0 bridgehead atoms. The maximum absolute atomic E-state index is 13.9. The van der Waals surface area contributed by atoms with Crippen molar-refractivity contribution in [1.29, 1.82) is 0 Å². The lowest BCUT2D eigenvalue weighted by atomic mass is 9.89. The number of benzene rings is 3. The van der Waals surface area contributed by atoms with Gasteiger partial charge in [0.25, 0.3) is 11.6 Å². The molecule has 2 aliphatic heterocycles. The molecule has 2 saturated heterocycles. The van der Waals surface area contributed by atoms with Crippen LogP contribution in [0.2, 0.25) is 0 Å². The summed E-state index contributed by atoms with van der Waals surface area (Å²) < 4.78 is 16.0. The first-order valence-electron chi connectivity index (χ1n) is 11.3. The number of carbonyl (C=O) groups is 2. The molecule has 0 aromatic heterocycles. The third-order valence-corrected chi connectivity index (χ3v) is 6.50. The maximum atomic E-state index is 13.9. The Morgan fingerprint density at radius 2 is 1.46 bits per heavy atom. The number of hydroxylamine groups is 1. The number of ether oxygens (including phenoxy) is 3. The Kier molecular flexibility index (Phi) is 6.14. The normalized spacial score (nSPS) is 20.7. The molecule has 2 amide bonds. The summed E-state index contributed by atoms with van der Waals surface area (Å²) in [4.78, 5) is 46.2. The topological polar surface area (TPSA) is 121 Å². The van der Waals surface area contributed by atoms with Crippen LogP contribution in [0.1, 0.15) is 11.6 Å². The number of hydrogen-bond donors (Lipinski definition) is 0. The fraction of sp³-hybridized carbons (Fsp3) is 0.231. The molecule has 11 nitrogen and oxygen atoms in total. The standard InChI is InChI=1S/C26H23N3O8/c1-34-19-12-8-7-11-17(19)27-25(30)22-23(16-13-20(35-2)21(36-3)14-18(16)29(32)33)28(37-24(22)26(27)31)15-9-5-4-6-10-15/h4-14,22-24H,1-3H3/t22-,23+,24+/m0/s1. The quantitative estimate of drug-likeness (QED) is 0.269. The molecule has 0 spiro atoms. The average Bonchev–Trinajstić information content (AvgIpc) is 3.43. The summed E-state index contributed by atoms with van der Waals surface area (Å²) in [5.74, 6) is -1.52. The molecule has 0 N–H and O–H groups in total. The summed E-state index contributed by atoms with van der Waals surface area (Å²) in [6, 6.07) is 17.1. The van der Waals surface area contributed by atoms with E-state index < -0.39 is 34.8 Å². The predicted octanol–water partition coefficient (Wildman–Crippen LogP) is 3.67. The van der Waals surface area contributed by atoms with Gasteiger partial charge in [0.05, 0.1) is 49.3 Å². The SMILES string of the molecule is COc1cc([C@@H]2[C@@H]3C(=O)N(c4ccccc4OC)C(=O)[C@@H]3ON2c2ccccc2)c([N+](=O)[O-])cc1OC. The van der Waals surface area contributed by atoms with Crippen molar-refractivity contribution in [3.05, 3.63) is 82.4 Å². The number of hydrogen-bond acceptors (Lipinski definition) is 9. The van der Waals surface area contributed by atoms with Crippen LogP contribution in [0.5, 0.6) is 17.2 Å². The van der Waals surface area contributed by atoms with E-state index in [1.807, 2.05) is 0 Å². The van der Waals surface area contributed by atoms with Crippen LogP contribution in [0.25, 0.3) is 0 Å². The number of nitro benzene ring substituents is 1. The summed E-state index contributed by atoms with van der Waals surface area (Å²) in [5, 5.41) is 13.6. The van der Waals surface area contributed by atoms with Crippen molar-refractivity contribution < 1.29 is 33.6 Å². The Hall–Kier alpha value is -4.64. The van der Waals surface area contributed by atoms with Crippen LogP contribution in [0, 0.1) is 16.0 Å². The van der Waals surface area contributed by atoms with Crippen LogP contribution in [0.15, 0.2) is 66.7 Å². The smallest absolute Gasteiger partial charge is 0.278 e. The Labute approximate surface area is 211 Å². The number of nitro groups is 1. The second-order valence-electron chi connectivity index (χ2n) is 8.36. The van der Waals surface area contributed by atoms with Gasteiger partial charge < -0.3 is 14.2 Å². The van der Waals surface area contributed by atoms with Crippen molar-refractivity contribution >= 4 is 28.9 Å². The highest BCUT2D eigenvalue weighted by Gasteiger charge is 2.61. The molecule has 3 aromatic rings. The lowest BCUT2D eigenvalue weighted by Gasteiger charge is -2.29. The number of amides is 2. The fourth-order valence-electron chi connectivity index (χ4n) is 4.86. The minimum absolute atomic E-state index is 0.141. The van der Waals surface area contributed by atoms with E-state index in [0.29, 0.717) is 11.4 Å². The van der Waals surface area contributed by atoms with E-state index in [2.05, 4.69) is 0 Å². The zero-order valence-corrected chi connectivity index (χ0v) is 20.2. The number of para-hydroxylation sites is 3. The third kappa shape index (κ3) is 3.80. The Morgan fingerprint density at radius 3 is 2.11 bits per heavy atom. The second-order valence-corrected chi connectivity index (χ2v) is 8.36. The summed E-state index contributed by atoms with van der Waals surface area (Å²) in [6.07, 6.45) is -1.21. The number of fused-ring (bicyclic) bond motifs is 1. The lowest BCUT2D eigenvalue weighted by molar-refractivity contribution is -0.385. The molecular weight excluding hydrogens is 482 g/mol. The maximum Gasteiger partial charge on any atom is 0.278 e. The first-order valence-corrected chi connectivity index (χ1v) is 11.3. The van der Waals surface area contributed by atoms with Crippen molar-refractivity contribution in [3.63, 3.8) is 0 Å². The van der Waals surface area contributed by atoms with Crippen molar-refractivity contribution in [2.75, 3.05) is 31.3 Å². The van der Waals surface area contributed by atoms with Gasteiger partial charge in [-0.3, -0.25) is 24.5 Å². The Bertz CT molecular complexity index is 1380. The highest BCUT2D eigenvalue weighted by molar-refractivity contribution is 6.24. The molecule has 3 aromatic carbocycles. The van der Waals surface area contributed by atoms with Crippen LogP contribution in [0.4, 0.5) is 17.1 Å². The zero-order chi connectivity index (χ0) is 26.3. The molecule has 0 radical (unpaired) electrons. The third-order valence-electron chi connectivity index (χ3n) is 6.50. The number of methoxy groups -OCH3 is 3. The van der Waals surface area contributed by atoms with Crippen molar-refractivity contribution in [1.82, 2.24) is 0 Å². The highest BCUT2D eigenvalue weighted by atomic mass is 16.7. The van der Waals surface area contributed by atoms with Crippen LogP contribution < -0.4 is 24.2 Å². The lowest BCUT2D eigenvalue weighted by Crippen LogP contribution is -2.37. The summed E-state index contributed by atoms with van der Waals surface area (Å²) in [6.45, 7) is 0. The number of imide groups is 1. The average molecular weight is 505 g/mol. The van der Waals surface area contributed by atoms with Crippen molar-refractivity contribution in [2.45, 2.75) is 12.1 Å². The van der Waals surface area contributed by atoms with Crippen LogP contribution >= 0.6 is 0 Å². The highest BCUT2D eigenvalue weighted by Crippen LogP contribution is 2.51. The first-order chi connectivity index (χ1) is 17.9. The van der Waals surface area contributed by atoms with E-state index in [1.165, 1.54) is 38.5 Å². The molecule has 5 rings (SSSR count). The molecular formula is C26H23N3O8. The molecule has 2 heterocycles. The van der Waals surface area contributed by atoms with E-state index in [4.69, 9.17) is 19.0 Å². The van der Waals surface area contributed by atoms with Gasteiger partial charge in [-0.2, -0.15) is 0 Å². The number of anilines is 2. The monoisotopic (exact) mass is 505 g/mol. The second kappa shape index (κ2) is 9.43. The molecule has 11 heteroatoms. The van der Waals surface area contributed by atoms with Crippen LogP contribution in [-0.4, -0.2) is 44.2 Å². The van der Waals surface area contributed by atoms with E-state index in [0.717, 1.165) is 4.90 Å².